The van der Waals surface area contributed by atoms with Gasteiger partial charge in [-0.05, 0) is 60.7 Å². The number of amides is 3. The van der Waals surface area contributed by atoms with Gasteiger partial charge in [-0.1, -0.05) is 12.1 Å². The predicted molar refractivity (Wildman–Crippen MR) is 123 cm³/mol. The molecule has 3 aromatic carbocycles. The van der Waals surface area contributed by atoms with E-state index in [1.54, 1.807) is 55.6 Å². The van der Waals surface area contributed by atoms with Gasteiger partial charge in [-0.25, -0.2) is 4.39 Å². The van der Waals surface area contributed by atoms with E-state index in [0.29, 0.717) is 28.4 Å². The second-order valence-corrected chi connectivity index (χ2v) is 7.60. The monoisotopic (exact) mass is 447 g/mol. The molecule has 0 spiro atoms. The van der Waals surface area contributed by atoms with Crippen LogP contribution >= 0.6 is 0 Å². The van der Waals surface area contributed by atoms with Crippen LogP contribution in [0.4, 0.5) is 21.5 Å². The zero-order valence-electron chi connectivity index (χ0n) is 17.9. The van der Waals surface area contributed by atoms with Crippen LogP contribution in [0.15, 0.2) is 72.8 Å². The van der Waals surface area contributed by atoms with Crippen LogP contribution in [0.2, 0.25) is 0 Å². The fraction of sp³-hybridized carbons (Fsp3) is 0.160. The van der Waals surface area contributed by atoms with E-state index >= 15 is 0 Å². The highest BCUT2D eigenvalue weighted by molar-refractivity contribution is 6.11. The van der Waals surface area contributed by atoms with Gasteiger partial charge in [0, 0.05) is 24.3 Å². The van der Waals surface area contributed by atoms with Crippen LogP contribution in [0.25, 0.3) is 0 Å². The van der Waals surface area contributed by atoms with E-state index in [9.17, 15) is 18.8 Å². The van der Waals surface area contributed by atoms with Crippen LogP contribution in [0.5, 0.6) is 5.75 Å². The first-order chi connectivity index (χ1) is 15.9. The average Bonchev–Trinajstić information content (AvgIpc) is 3.22. The molecule has 8 heteroatoms. The van der Waals surface area contributed by atoms with Gasteiger partial charge in [-0.3, -0.25) is 14.4 Å². The number of methoxy groups -OCH3 is 1. The molecule has 0 aromatic heterocycles. The lowest BCUT2D eigenvalue weighted by Crippen LogP contribution is -2.28. The Morgan fingerprint density at radius 1 is 0.970 bits per heavy atom. The van der Waals surface area contributed by atoms with Gasteiger partial charge in [0.05, 0.1) is 24.3 Å². The molecule has 168 valence electrons. The molecule has 1 aliphatic rings. The number of halogens is 1. The molecule has 0 unspecified atom stereocenters. The van der Waals surface area contributed by atoms with Crippen molar-refractivity contribution in [2.24, 2.45) is 5.92 Å². The maximum Gasteiger partial charge on any atom is 0.257 e. The average molecular weight is 447 g/mol. The Labute approximate surface area is 190 Å². The fourth-order valence-corrected chi connectivity index (χ4v) is 3.65. The molecule has 7 nitrogen and oxygen atoms in total. The molecule has 0 saturated carbocycles. The zero-order chi connectivity index (χ0) is 23.4. The highest BCUT2D eigenvalue weighted by atomic mass is 19.1. The number of rotatable bonds is 6. The van der Waals surface area contributed by atoms with Gasteiger partial charge in [0.25, 0.3) is 5.91 Å². The third-order valence-corrected chi connectivity index (χ3v) is 5.41. The molecule has 1 aliphatic heterocycles. The summed E-state index contributed by atoms with van der Waals surface area (Å²) in [6.07, 6.45) is 0.0312. The first-order valence-electron chi connectivity index (χ1n) is 10.4. The number of nitrogens with one attached hydrogen (secondary N) is 2. The number of benzene rings is 3. The Bertz CT molecular complexity index is 1180. The number of hydrogen-bond acceptors (Lipinski definition) is 4. The molecule has 0 bridgehead atoms. The maximum atomic E-state index is 13.2. The van der Waals surface area contributed by atoms with Crippen molar-refractivity contribution in [2.45, 2.75) is 6.42 Å². The van der Waals surface area contributed by atoms with Crippen LogP contribution in [0, 0.1) is 11.7 Å². The van der Waals surface area contributed by atoms with Crippen LogP contribution in [-0.2, 0) is 9.59 Å². The van der Waals surface area contributed by atoms with Crippen molar-refractivity contribution in [1.29, 1.82) is 0 Å². The number of ether oxygens (including phenoxy) is 1. The molecular weight excluding hydrogens is 425 g/mol. The van der Waals surface area contributed by atoms with E-state index in [2.05, 4.69) is 10.6 Å². The van der Waals surface area contributed by atoms with Crippen molar-refractivity contribution in [3.63, 3.8) is 0 Å². The van der Waals surface area contributed by atoms with E-state index in [1.165, 1.54) is 29.2 Å². The molecule has 1 heterocycles. The number of anilines is 3. The second kappa shape index (κ2) is 9.52. The lowest BCUT2D eigenvalue weighted by molar-refractivity contribution is -0.122. The van der Waals surface area contributed by atoms with Crippen molar-refractivity contribution < 1.29 is 23.5 Å². The number of nitrogens with zero attached hydrogens (tertiary/aromatic N) is 1. The van der Waals surface area contributed by atoms with Crippen molar-refractivity contribution in [3.8, 4) is 5.75 Å². The third kappa shape index (κ3) is 5.01. The topological polar surface area (TPSA) is 87.7 Å². The first-order valence-corrected chi connectivity index (χ1v) is 10.4. The largest absolute Gasteiger partial charge is 0.497 e. The van der Waals surface area contributed by atoms with Gasteiger partial charge in [0.1, 0.15) is 11.6 Å². The molecule has 3 amide bonds. The molecule has 1 fully saturated rings. The minimum absolute atomic E-state index is 0.0312. The summed E-state index contributed by atoms with van der Waals surface area (Å²) in [6, 6.07) is 19.1. The van der Waals surface area contributed by atoms with E-state index in [1.807, 2.05) is 0 Å². The van der Waals surface area contributed by atoms with Crippen molar-refractivity contribution in [3.05, 3.63) is 84.2 Å². The second-order valence-electron chi connectivity index (χ2n) is 7.60. The summed E-state index contributed by atoms with van der Waals surface area (Å²) in [5.41, 5.74) is 1.76. The Balaban J connectivity index is 1.45. The Hall–Kier alpha value is -4.20. The maximum absolute atomic E-state index is 13.2. The van der Waals surface area contributed by atoms with Crippen molar-refractivity contribution in [1.82, 2.24) is 0 Å². The molecule has 33 heavy (non-hydrogen) atoms. The summed E-state index contributed by atoms with van der Waals surface area (Å²) >= 11 is 0. The number of carbonyl (C=O) groups is 3. The third-order valence-electron chi connectivity index (χ3n) is 5.41. The van der Waals surface area contributed by atoms with E-state index in [-0.39, 0.29) is 30.7 Å². The van der Waals surface area contributed by atoms with Crippen molar-refractivity contribution >= 4 is 34.8 Å². The van der Waals surface area contributed by atoms with Gasteiger partial charge in [-0.15, -0.1) is 0 Å². The first kappa shape index (κ1) is 22.0. The molecule has 3 aromatic rings. The minimum Gasteiger partial charge on any atom is -0.497 e. The summed E-state index contributed by atoms with van der Waals surface area (Å²) in [5.74, 6) is -1.29. The number of hydrogen-bond donors (Lipinski definition) is 2. The van der Waals surface area contributed by atoms with Crippen LogP contribution in [0.1, 0.15) is 16.8 Å². The highest BCUT2D eigenvalue weighted by Gasteiger charge is 2.35. The lowest BCUT2D eigenvalue weighted by Gasteiger charge is -2.17. The minimum atomic E-state index is -0.597. The van der Waals surface area contributed by atoms with Gasteiger partial charge < -0.3 is 20.3 Å². The molecule has 1 atom stereocenters. The summed E-state index contributed by atoms with van der Waals surface area (Å²) in [4.78, 5) is 39.6. The highest BCUT2D eigenvalue weighted by Crippen LogP contribution is 2.27. The van der Waals surface area contributed by atoms with Crippen LogP contribution in [0.3, 0.4) is 0 Å². The van der Waals surface area contributed by atoms with Crippen LogP contribution in [-0.4, -0.2) is 31.4 Å². The van der Waals surface area contributed by atoms with E-state index in [4.69, 9.17) is 4.74 Å². The summed E-state index contributed by atoms with van der Waals surface area (Å²) in [7, 11) is 1.56. The molecule has 1 saturated heterocycles. The van der Waals surface area contributed by atoms with Gasteiger partial charge in [0.2, 0.25) is 11.8 Å². The molecule has 0 aliphatic carbocycles. The molecule has 4 rings (SSSR count). The lowest BCUT2D eigenvalue weighted by atomic mass is 10.1. The quantitative estimate of drug-likeness (QED) is 0.596. The SMILES string of the molecule is COc1ccc(NC(=O)c2ccccc2NC(=O)[C@H]2CC(=O)N(c3ccc(F)cc3)C2)cc1. The van der Waals surface area contributed by atoms with Gasteiger partial charge in [0.15, 0.2) is 0 Å². The Morgan fingerprint density at radius 3 is 2.36 bits per heavy atom. The van der Waals surface area contributed by atoms with E-state index in [0.717, 1.165) is 0 Å². The van der Waals surface area contributed by atoms with Gasteiger partial charge in [-0.2, -0.15) is 0 Å². The number of para-hydroxylation sites is 1. The number of carbonyl (C=O) groups excluding carboxylic acids is 3. The summed E-state index contributed by atoms with van der Waals surface area (Å²) < 4.78 is 18.3. The summed E-state index contributed by atoms with van der Waals surface area (Å²) in [6.45, 7) is 0.177. The summed E-state index contributed by atoms with van der Waals surface area (Å²) in [5, 5.41) is 5.57. The molecular formula is C25H22FN3O4. The zero-order valence-corrected chi connectivity index (χ0v) is 17.9. The molecule has 0 radical (unpaired) electrons. The Kier molecular flexibility index (Phi) is 6.35. The standard InChI is InChI=1S/C25H22FN3O4/c1-33-20-12-8-18(9-13-20)27-25(32)21-4-2-3-5-22(21)28-24(31)16-14-23(30)29(15-16)19-10-6-17(26)7-11-19/h2-13,16H,14-15H2,1H3,(H,27,32)(H,28,31)/t16-/m0/s1. The predicted octanol–water partition coefficient (Wildman–Crippen LogP) is 4.08. The molecule has 2 N–H and O–H groups in total. The smallest absolute Gasteiger partial charge is 0.257 e. The van der Waals surface area contributed by atoms with Gasteiger partial charge >= 0.3 is 0 Å². The van der Waals surface area contributed by atoms with Crippen LogP contribution < -0.4 is 20.3 Å². The fourth-order valence-electron chi connectivity index (χ4n) is 3.65. The normalized spacial score (nSPS) is 15.3. The Morgan fingerprint density at radius 2 is 1.67 bits per heavy atom. The van der Waals surface area contributed by atoms with Crippen molar-refractivity contribution in [2.75, 3.05) is 29.2 Å². The van der Waals surface area contributed by atoms with E-state index < -0.39 is 11.7 Å².